The summed E-state index contributed by atoms with van der Waals surface area (Å²) in [6, 6.07) is 16.8. The van der Waals surface area contributed by atoms with Crippen LogP contribution < -0.4 is 11.1 Å². The number of ether oxygens (including phenoxy) is 2. The van der Waals surface area contributed by atoms with Crippen LogP contribution in [0.2, 0.25) is 0 Å². The molecule has 0 aromatic heterocycles. The molecule has 0 bridgehead atoms. The minimum atomic E-state index is -0.419. The molecule has 0 unspecified atom stereocenters. The summed E-state index contributed by atoms with van der Waals surface area (Å²) in [6.45, 7) is 19.3. The van der Waals surface area contributed by atoms with E-state index in [4.69, 9.17) is 15.2 Å². The van der Waals surface area contributed by atoms with Gasteiger partial charge in [0.05, 0.1) is 0 Å². The van der Waals surface area contributed by atoms with E-state index in [-0.39, 0.29) is 18.2 Å². The van der Waals surface area contributed by atoms with Gasteiger partial charge in [0, 0.05) is 50.4 Å². The minimum absolute atomic E-state index is 0.190. The van der Waals surface area contributed by atoms with Crippen molar-refractivity contribution in [1.29, 1.82) is 0 Å². The first-order valence-corrected chi connectivity index (χ1v) is 16.1. The summed E-state index contributed by atoms with van der Waals surface area (Å²) in [4.78, 5) is 37.3. The van der Waals surface area contributed by atoms with Crippen LogP contribution in [0.4, 0.5) is 9.59 Å². The first-order chi connectivity index (χ1) is 21.0. The van der Waals surface area contributed by atoms with Crippen molar-refractivity contribution in [2.24, 2.45) is 5.73 Å². The third-order valence-electron chi connectivity index (χ3n) is 7.19. The molecule has 2 aliphatic heterocycles. The number of aldehydes is 1. The smallest absolute Gasteiger partial charge is 0.410 e. The van der Waals surface area contributed by atoms with E-state index in [0.717, 1.165) is 75.8 Å². The van der Waals surface area contributed by atoms with E-state index >= 15 is 0 Å². The van der Waals surface area contributed by atoms with Crippen molar-refractivity contribution < 1.29 is 23.9 Å². The Labute approximate surface area is 270 Å². The van der Waals surface area contributed by atoms with E-state index in [1.165, 1.54) is 11.1 Å². The van der Waals surface area contributed by atoms with Gasteiger partial charge in [0.1, 0.15) is 17.5 Å². The molecule has 3 N–H and O–H groups in total. The molecule has 0 atom stereocenters. The summed E-state index contributed by atoms with van der Waals surface area (Å²) < 4.78 is 10.7. The SMILES string of the molecule is CC(C)(C)OC(=O)N1CCC(N)CC1.Cc1cccc(C=O)c1.Cc1cccc(CNC2CCN(C(=O)OC(C)(C)C)CC2)c1. The number of carbonyl (C=O) groups is 3. The van der Waals surface area contributed by atoms with Crippen molar-refractivity contribution in [3.8, 4) is 0 Å². The Morgan fingerprint density at radius 2 is 1.27 bits per heavy atom. The molecular formula is C36H56N4O5. The molecule has 0 aliphatic carbocycles. The summed E-state index contributed by atoms with van der Waals surface area (Å²) >= 11 is 0. The maximum atomic E-state index is 12.0. The number of nitrogens with two attached hydrogens (primary N) is 1. The van der Waals surface area contributed by atoms with E-state index < -0.39 is 11.2 Å². The summed E-state index contributed by atoms with van der Waals surface area (Å²) in [7, 11) is 0. The molecule has 2 aliphatic rings. The highest BCUT2D eigenvalue weighted by atomic mass is 16.6. The number of likely N-dealkylation sites (tertiary alicyclic amines) is 2. The van der Waals surface area contributed by atoms with Crippen LogP contribution in [0.1, 0.15) is 94.3 Å². The minimum Gasteiger partial charge on any atom is -0.444 e. The second kappa shape index (κ2) is 17.9. The summed E-state index contributed by atoms with van der Waals surface area (Å²) in [5.41, 5.74) is 9.40. The van der Waals surface area contributed by atoms with Crippen LogP contribution in [0.15, 0.2) is 48.5 Å². The zero-order valence-electron chi connectivity index (χ0n) is 28.7. The molecule has 2 amide bonds. The molecule has 0 radical (unpaired) electrons. The van der Waals surface area contributed by atoms with E-state index in [0.29, 0.717) is 6.04 Å². The van der Waals surface area contributed by atoms with Gasteiger partial charge in [-0.05, 0) is 92.7 Å². The predicted molar refractivity (Wildman–Crippen MR) is 180 cm³/mol. The highest BCUT2D eigenvalue weighted by Gasteiger charge is 2.27. The van der Waals surface area contributed by atoms with Gasteiger partial charge in [0.2, 0.25) is 0 Å². The van der Waals surface area contributed by atoms with E-state index in [1.54, 1.807) is 11.0 Å². The van der Waals surface area contributed by atoms with Crippen molar-refractivity contribution in [1.82, 2.24) is 15.1 Å². The van der Waals surface area contributed by atoms with Crippen molar-refractivity contribution in [2.45, 2.75) is 111 Å². The monoisotopic (exact) mass is 624 g/mol. The Morgan fingerprint density at radius 1 is 0.800 bits per heavy atom. The van der Waals surface area contributed by atoms with Crippen LogP contribution >= 0.6 is 0 Å². The Hall–Kier alpha value is -3.43. The van der Waals surface area contributed by atoms with Crippen LogP contribution in [-0.2, 0) is 16.0 Å². The largest absolute Gasteiger partial charge is 0.444 e. The summed E-state index contributed by atoms with van der Waals surface area (Å²) in [6.07, 6.45) is 4.15. The van der Waals surface area contributed by atoms with Gasteiger partial charge < -0.3 is 30.3 Å². The first kappa shape index (κ1) is 37.8. The molecule has 2 fully saturated rings. The lowest BCUT2D eigenvalue weighted by Gasteiger charge is -2.33. The Morgan fingerprint density at radius 3 is 1.69 bits per heavy atom. The second-order valence-electron chi connectivity index (χ2n) is 13.9. The molecule has 2 aromatic carbocycles. The van der Waals surface area contributed by atoms with Crippen molar-refractivity contribution >= 4 is 18.5 Å². The number of rotatable bonds is 4. The van der Waals surface area contributed by atoms with Crippen molar-refractivity contribution in [2.75, 3.05) is 26.2 Å². The molecule has 2 aromatic rings. The lowest BCUT2D eigenvalue weighted by molar-refractivity contribution is 0.0191. The van der Waals surface area contributed by atoms with Gasteiger partial charge in [0.25, 0.3) is 0 Å². The van der Waals surface area contributed by atoms with Crippen molar-refractivity contribution in [3.05, 3.63) is 70.8 Å². The van der Waals surface area contributed by atoms with Gasteiger partial charge in [-0.25, -0.2) is 9.59 Å². The van der Waals surface area contributed by atoms with Crippen LogP contribution in [0.25, 0.3) is 0 Å². The predicted octanol–water partition coefficient (Wildman–Crippen LogP) is 6.64. The van der Waals surface area contributed by atoms with Gasteiger partial charge in [-0.1, -0.05) is 53.6 Å². The molecular weight excluding hydrogens is 568 g/mol. The van der Waals surface area contributed by atoms with Gasteiger partial charge in [0.15, 0.2) is 0 Å². The zero-order chi connectivity index (χ0) is 33.6. The zero-order valence-corrected chi connectivity index (χ0v) is 28.7. The topological polar surface area (TPSA) is 114 Å². The van der Waals surface area contributed by atoms with E-state index in [2.05, 4.69) is 36.5 Å². The van der Waals surface area contributed by atoms with Gasteiger partial charge in [-0.3, -0.25) is 4.79 Å². The Kier molecular flexibility index (Phi) is 15.0. The highest BCUT2D eigenvalue weighted by molar-refractivity contribution is 5.74. The number of hydrogen-bond acceptors (Lipinski definition) is 7. The normalized spacial score (nSPS) is 16.0. The Bertz CT molecular complexity index is 1200. The number of hydrogen-bond donors (Lipinski definition) is 2. The van der Waals surface area contributed by atoms with Gasteiger partial charge >= 0.3 is 12.2 Å². The quantitative estimate of drug-likeness (QED) is 0.367. The fraction of sp³-hybridized carbons (Fsp3) is 0.583. The number of piperidine rings is 2. The average Bonchev–Trinajstić information content (AvgIpc) is 2.96. The van der Waals surface area contributed by atoms with Crippen LogP contribution in [-0.4, -0.2) is 77.7 Å². The maximum absolute atomic E-state index is 12.0. The molecule has 4 rings (SSSR count). The number of amides is 2. The van der Waals surface area contributed by atoms with E-state index in [9.17, 15) is 14.4 Å². The molecule has 2 heterocycles. The molecule has 9 nitrogen and oxygen atoms in total. The molecule has 45 heavy (non-hydrogen) atoms. The maximum Gasteiger partial charge on any atom is 0.410 e. The summed E-state index contributed by atoms with van der Waals surface area (Å²) in [5.74, 6) is 0. The molecule has 250 valence electrons. The molecule has 2 saturated heterocycles. The second-order valence-corrected chi connectivity index (χ2v) is 13.9. The molecule has 0 saturated carbocycles. The van der Waals surface area contributed by atoms with Gasteiger partial charge in [-0.15, -0.1) is 0 Å². The standard InChI is InChI=1S/C18H28N2O2.C10H20N2O2.C8H8O/c1-14-6-5-7-15(12-14)13-19-16-8-10-20(11-9-16)17(21)22-18(2,3)4;1-10(2,3)14-9(13)12-6-4-8(11)5-7-12;1-7-3-2-4-8(5-7)6-9/h5-7,12,16,19H,8-11,13H2,1-4H3;8H,4-7,11H2,1-3H3;2-6H,1H3. The van der Waals surface area contributed by atoms with E-state index in [1.807, 2.05) is 71.6 Å². The number of aryl methyl sites for hydroxylation is 2. The lowest BCUT2D eigenvalue weighted by atomic mass is 10.0. The fourth-order valence-electron chi connectivity index (χ4n) is 4.83. The average molecular weight is 625 g/mol. The summed E-state index contributed by atoms with van der Waals surface area (Å²) in [5, 5.41) is 3.59. The Balaban J connectivity index is 0.000000261. The lowest BCUT2D eigenvalue weighted by Crippen LogP contribution is -2.46. The number of nitrogens with zero attached hydrogens (tertiary/aromatic N) is 2. The number of nitrogens with one attached hydrogen (secondary N) is 1. The van der Waals surface area contributed by atoms with Crippen LogP contribution in [0, 0.1) is 13.8 Å². The molecule has 0 spiro atoms. The fourth-order valence-corrected chi connectivity index (χ4v) is 4.83. The third kappa shape index (κ3) is 15.9. The molecule has 9 heteroatoms. The number of carbonyl (C=O) groups excluding carboxylic acids is 3. The number of benzene rings is 2. The highest BCUT2D eigenvalue weighted by Crippen LogP contribution is 2.17. The third-order valence-corrected chi connectivity index (χ3v) is 7.19. The van der Waals surface area contributed by atoms with Crippen LogP contribution in [0.3, 0.4) is 0 Å². The van der Waals surface area contributed by atoms with Gasteiger partial charge in [-0.2, -0.15) is 0 Å². The van der Waals surface area contributed by atoms with Crippen molar-refractivity contribution in [3.63, 3.8) is 0 Å². The van der Waals surface area contributed by atoms with Crippen LogP contribution in [0.5, 0.6) is 0 Å². The first-order valence-electron chi connectivity index (χ1n) is 16.1.